The maximum absolute atomic E-state index is 12.7. The summed E-state index contributed by atoms with van der Waals surface area (Å²) in [6.45, 7) is 5.90. The smallest absolute Gasteiger partial charge is 0.161 e. The predicted octanol–water partition coefficient (Wildman–Crippen LogP) is 4.15. The van der Waals surface area contributed by atoms with Gasteiger partial charge in [0.1, 0.15) is 0 Å². The van der Waals surface area contributed by atoms with Crippen LogP contribution in [0.5, 0.6) is 11.5 Å². The van der Waals surface area contributed by atoms with Crippen molar-refractivity contribution in [2.45, 2.75) is 58.1 Å². The number of aliphatic hydroxyl groups is 1. The van der Waals surface area contributed by atoms with E-state index >= 15 is 0 Å². The molecule has 152 valence electrons. The van der Waals surface area contributed by atoms with Crippen molar-refractivity contribution in [1.29, 1.82) is 0 Å². The highest BCUT2D eigenvalue weighted by Gasteiger charge is 2.39. The van der Waals surface area contributed by atoms with E-state index in [1.54, 1.807) is 14.2 Å². The van der Waals surface area contributed by atoms with Crippen molar-refractivity contribution in [1.82, 2.24) is 4.90 Å². The largest absolute Gasteiger partial charge is 0.493 e. The minimum atomic E-state index is -0.313. The molecule has 1 aromatic rings. The van der Waals surface area contributed by atoms with Crippen molar-refractivity contribution in [3.63, 3.8) is 0 Å². The number of rotatable bonds is 7. The average Bonchev–Trinajstić information content (AvgIpc) is 2.65. The number of piperidine rings is 1. The molecule has 5 heteroatoms. The summed E-state index contributed by atoms with van der Waals surface area (Å²) in [4.78, 5) is 2.51. The van der Waals surface area contributed by atoms with Crippen molar-refractivity contribution in [3.8, 4) is 11.5 Å². The van der Waals surface area contributed by atoms with Crippen LogP contribution in [0.1, 0.15) is 56.7 Å². The van der Waals surface area contributed by atoms with Gasteiger partial charge in [-0.2, -0.15) is 0 Å². The first-order valence-corrected chi connectivity index (χ1v) is 10.1. The lowest BCUT2D eigenvalue weighted by molar-refractivity contribution is -0.0191. The molecular formula is C22H34FNO3. The highest BCUT2D eigenvalue weighted by Crippen LogP contribution is 2.44. The third-order valence-corrected chi connectivity index (χ3v) is 6.55. The zero-order chi connectivity index (χ0) is 19.6. The maximum atomic E-state index is 12.7. The van der Waals surface area contributed by atoms with E-state index in [0.717, 1.165) is 50.3 Å². The number of benzene rings is 1. The van der Waals surface area contributed by atoms with Crippen molar-refractivity contribution >= 4 is 0 Å². The molecule has 1 N–H and O–H groups in total. The first-order valence-electron chi connectivity index (χ1n) is 10.1. The van der Waals surface area contributed by atoms with Gasteiger partial charge in [0.25, 0.3) is 0 Å². The van der Waals surface area contributed by atoms with Crippen LogP contribution in [0.2, 0.25) is 0 Å². The molecule has 3 rings (SSSR count). The lowest BCUT2D eigenvalue weighted by Crippen LogP contribution is -2.48. The third kappa shape index (κ3) is 4.40. The molecule has 3 atom stereocenters. The van der Waals surface area contributed by atoms with Crippen molar-refractivity contribution in [2.24, 2.45) is 11.3 Å². The number of hydrogen-bond donors (Lipinski definition) is 1. The van der Waals surface area contributed by atoms with Gasteiger partial charge in [-0.25, -0.2) is 0 Å². The third-order valence-electron chi connectivity index (χ3n) is 6.55. The van der Waals surface area contributed by atoms with Gasteiger partial charge in [-0.3, -0.25) is 9.29 Å². The molecule has 0 bridgehead atoms. The summed E-state index contributed by atoms with van der Waals surface area (Å²) in [5.41, 5.74) is 2.56. The molecule has 2 aliphatic rings. The summed E-state index contributed by atoms with van der Waals surface area (Å²) in [5, 5.41) is 10.8. The Balaban J connectivity index is 1.72. The van der Waals surface area contributed by atoms with Crippen LogP contribution < -0.4 is 9.47 Å². The standard InChI is InChI=1S/C22H34FNO3/c1-22(2,8-9-23)7-5-16-14-24-10-6-15-11-20(26-3)21(27-4)12-17(15)18(24)13-19(16)25/h11-12,16,18-19,25H,5-10,13-14H2,1-4H3/t16-,18-,19-/m0/s1. The van der Waals surface area contributed by atoms with Crippen molar-refractivity contribution in [2.75, 3.05) is 34.0 Å². The number of halogens is 1. The predicted molar refractivity (Wildman–Crippen MR) is 105 cm³/mol. The Kier molecular flexibility index (Phi) is 6.32. The Bertz CT molecular complexity index is 649. The van der Waals surface area contributed by atoms with Crippen molar-refractivity contribution in [3.05, 3.63) is 23.3 Å². The fraction of sp³-hybridized carbons (Fsp3) is 0.727. The van der Waals surface area contributed by atoms with Crippen LogP contribution in [0, 0.1) is 11.3 Å². The van der Waals surface area contributed by atoms with Crippen LogP contribution in [-0.4, -0.2) is 50.1 Å². The van der Waals surface area contributed by atoms with Gasteiger partial charge >= 0.3 is 0 Å². The number of nitrogens with zero attached hydrogens (tertiary/aromatic N) is 1. The lowest BCUT2D eigenvalue weighted by atomic mass is 9.76. The quantitative estimate of drug-likeness (QED) is 0.773. The summed E-state index contributed by atoms with van der Waals surface area (Å²) in [5.74, 6) is 1.79. The second kappa shape index (κ2) is 8.36. The van der Waals surface area contributed by atoms with Gasteiger partial charge in [-0.1, -0.05) is 13.8 Å². The van der Waals surface area contributed by atoms with E-state index in [4.69, 9.17) is 9.47 Å². The SMILES string of the molecule is COc1cc2c(cc1OC)[C@@H]1C[C@H](O)[C@@H](CCC(C)(C)CCF)CN1CC2. The first-order chi connectivity index (χ1) is 12.9. The molecule has 1 fully saturated rings. The number of hydrogen-bond acceptors (Lipinski definition) is 4. The zero-order valence-corrected chi connectivity index (χ0v) is 17.1. The molecule has 0 unspecified atom stereocenters. The van der Waals surface area contributed by atoms with Crippen LogP contribution >= 0.6 is 0 Å². The Morgan fingerprint density at radius 3 is 2.56 bits per heavy atom. The Morgan fingerprint density at radius 2 is 1.89 bits per heavy atom. The molecule has 2 aliphatic heterocycles. The first kappa shape index (κ1) is 20.4. The van der Waals surface area contributed by atoms with E-state index in [0.29, 0.717) is 6.42 Å². The zero-order valence-electron chi connectivity index (χ0n) is 17.1. The highest BCUT2D eigenvalue weighted by molar-refractivity contribution is 5.49. The Hall–Kier alpha value is -1.33. The van der Waals surface area contributed by atoms with Crippen LogP contribution in [0.25, 0.3) is 0 Å². The Labute approximate surface area is 162 Å². The normalized spacial score (nSPS) is 25.6. The second-order valence-electron chi connectivity index (χ2n) is 8.87. The molecule has 0 radical (unpaired) electrons. The number of alkyl halides is 1. The molecule has 0 amide bonds. The van der Waals surface area contributed by atoms with Gasteiger partial charge in [0.05, 0.1) is 27.0 Å². The van der Waals surface area contributed by atoms with Gasteiger partial charge in [0.2, 0.25) is 0 Å². The van der Waals surface area contributed by atoms with Crippen LogP contribution in [0.15, 0.2) is 12.1 Å². The van der Waals surface area contributed by atoms with E-state index in [1.807, 2.05) is 0 Å². The molecule has 1 aromatic carbocycles. The van der Waals surface area contributed by atoms with Gasteiger partial charge in [-0.05, 0) is 66.7 Å². The molecule has 0 aromatic heterocycles. The summed E-state index contributed by atoms with van der Waals surface area (Å²) in [6, 6.07) is 4.41. The van der Waals surface area contributed by atoms with Crippen LogP contribution in [-0.2, 0) is 6.42 Å². The summed E-state index contributed by atoms with van der Waals surface area (Å²) in [7, 11) is 3.33. The van der Waals surface area contributed by atoms with Crippen molar-refractivity contribution < 1.29 is 19.0 Å². The molecule has 0 aliphatic carbocycles. The van der Waals surface area contributed by atoms with Gasteiger partial charge in [0, 0.05) is 19.1 Å². The van der Waals surface area contributed by atoms with E-state index in [2.05, 4.69) is 30.9 Å². The maximum Gasteiger partial charge on any atom is 0.161 e. The Morgan fingerprint density at radius 1 is 1.19 bits per heavy atom. The summed E-state index contributed by atoms with van der Waals surface area (Å²) < 4.78 is 23.7. The van der Waals surface area contributed by atoms with E-state index < -0.39 is 0 Å². The fourth-order valence-corrected chi connectivity index (χ4v) is 4.66. The number of aliphatic hydroxyl groups excluding tert-OH is 1. The van der Waals surface area contributed by atoms with E-state index in [-0.39, 0.29) is 30.2 Å². The molecule has 0 saturated carbocycles. The minimum Gasteiger partial charge on any atom is -0.493 e. The molecule has 4 nitrogen and oxygen atoms in total. The molecule has 27 heavy (non-hydrogen) atoms. The van der Waals surface area contributed by atoms with Gasteiger partial charge in [-0.15, -0.1) is 0 Å². The lowest BCUT2D eigenvalue weighted by Gasteiger charge is -2.46. The van der Waals surface area contributed by atoms with Crippen LogP contribution in [0.3, 0.4) is 0 Å². The van der Waals surface area contributed by atoms with E-state index in [9.17, 15) is 9.50 Å². The fourth-order valence-electron chi connectivity index (χ4n) is 4.66. The van der Waals surface area contributed by atoms with Crippen LogP contribution in [0.4, 0.5) is 4.39 Å². The van der Waals surface area contributed by atoms with Gasteiger partial charge < -0.3 is 14.6 Å². The second-order valence-corrected chi connectivity index (χ2v) is 8.87. The number of ether oxygens (including phenoxy) is 2. The summed E-state index contributed by atoms with van der Waals surface area (Å²) >= 11 is 0. The monoisotopic (exact) mass is 379 g/mol. The molecule has 0 spiro atoms. The average molecular weight is 380 g/mol. The summed E-state index contributed by atoms with van der Waals surface area (Å²) in [6.07, 6.45) is 3.93. The minimum absolute atomic E-state index is 0.00371. The molecule has 1 saturated heterocycles. The number of fused-ring (bicyclic) bond motifs is 3. The molecule has 2 heterocycles. The highest BCUT2D eigenvalue weighted by atomic mass is 19.1. The number of methoxy groups -OCH3 is 2. The topological polar surface area (TPSA) is 41.9 Å². The molecular weight excluding hydrogens is 345 g/mol. The van der Waals surface area contributed by atoms with E-state index in [1.165, 1.54) is 11.1 Å². The van der Waals surface area contributed by atoms with Gasteiger partial charge in [0.15, 0.2) is 11.5 Å².